The van der Waals surface area contributed by atoms with Crippen LogP contribution in [0.2, 0.25) is 0 Å². The van der Waals surface area contributed by atoms with Gasteiger partial charge in [0.15, 0.2) is 0 Å². The first-order valence-corrected chi connectivity index (χ1v) is 7.50. The van der Waals surface area contributed by atoms with Crippen molar-refractivity contribution in [3.05, 3.63) is 35.9 Å². The predicted octanol–water partition coefficient (Wildman–Crippen LogP) is 3.16. The first kappa shape index (κ1) is 14.6. The third kappa shape index (κ3) is 3.39. The van der Waals surface area contributed by atoms with Crippen molar-refractivity contribution >= 4 is 5.91 Å². The maximum absolute atomic E-state index is 12.6. The van der Waals surface area contributed by atoms with Gasteiger partial charge in [-0.25, -0.2) is 0 Å². The second kappa shape index (κ2) is 7.09. The summed E-state index contributed by atoms with van der Waals surface area (Å²) in [6, 6.07) is 12.3. The highest BCUT2D eigenvalue weighted by Gasteiger charge is 2.30. The fraction of sp³-hybridized carbons (Fsp3) is 0.529. The molecule has 0 heterocycles. The molecular formula is C17H22N2O. The summed E-state index contributed by atoms with van der Waals surface area (Å²) >= 11 is 0. The summed E-state index contributed by atoms with van der Waals surface area (Å²) in [5.74, 6) is -0.552. The number of hydrogen-bond acceptors (Lipinski definition) is 2. The average Bonchev–Trinajstić information content (AvgIpc) is 3.00. The van der Waals surface area contributed by atoms with E-state index in [0.29, 0.717) is 19.0 Å². The first-order chi connectivity index (χ1) is 9.76. The van der Waals surface area contributed by atoms with E-state index in [2.05, 4.69) is 6.07 Å². The summed E-state index contributed by atoms with van der Waals surface area (Å²) in [6.07, 6.45) is 5.08. The number of benzene rings is 1. The molecule has 1 saturated carbocycles. The Balaban J connectivity index is 2.06. The lowest BCUT2D eigenvalue weighted by Gasteiger charge is -2.29. The molecule has 1 fully saturated rings. The number of nitriles is 1. The minimum absolute atomic E-state index is 0.00533. The van der Waals surface area contributed by atoms with Crippen molar-refractivity contribution in [1.29, 1.82) is 5.26 Å². The third-order valence-corrected chi connectivity index (χ3v) is 4.13. The van der Waals surface area contributed by atoms with Crippen LogP contribution in [-0.2, 0) is 11.2 Å². The topological polar surface area (TPSA) is 44.1 Å². The van der Waals surface area contributed by atoms with Crippen LogP contribution in [-0.4, -0.2) is 23.4 Å². The number of rotatable bonds is 5. The van der Waals surface area contributed by atoms with Crippen LogP contribution in [0.1, 0.15) is 38.2 Å². The van der Waals surface area contributed by atoms with Gasteiger partial charge >= 0.3 is 0 Å². The van der Waals surface area contributed by atoms with Gasteiger partial charge in [0.1, 0.15) is 5.92 Å². The van der Waals surface area contributed by atoms with Crippen LogP contribution in [0.3, 0.4) is 0 Å². The van der Waals surface area contributed by atoms with Gasteiger partial charge in [-0.2, -0.15) is 5.26 Å². The summed E-state index contributed by atoms with van der Waals surface area (Å²) in [5, 5.41) is 9.35. The van der Waals surface area contributed by atoms with Crippen molar-refractivity contribution in [1.82, 2.24) is 4.90 Å². The summed E-state index contributed by atoms with van der Waals surface area (Å²) < 4.78 is 0. The average molecular weight is 270 g/mol. The lowest BCUT2D eigenvalue weighted by Crippen LogP contribution is -2.42. The molecule has 106 valence electrons. The van der Waals surface area contributed by atoms with E-state index < -0.39 is 5.92 Å². The van der Waals surface area contributed by atoms with E-state index in [9.17, 15) is 10.1 Å². The minimum Gasteiger partial charge on any atom is -0.339 e. The highest BCUT2D eigenvalue weighted by atomic mass is 16.2. The fourth-order valence-corrected chi connectivity index (χ4v) is 3.05. The lowest BCUT2D eigenvalue weighted by atomic mass is 9.98. The van der Waals surface area contributed by atoms with Crippen molar-refractivity contribution in [2.75, 3.05) is 6.54 Å². The fourth-order valence-electron chi connectivity index (χ4n) is 3.05. The van der Waals surface area contributed by atoms with Crippen LogP contribution in [0.4, 0.5) is 0 Å². The van der Waals surface area contributed by atoms with Gasteiger partial charge in [-0.15, -0.1) is 0 Å². The van der Waals surface area contributed by atoms with Gasteiger partial charge in [0.25, 0.3) is 0 Å². The Morgan fingerprint density at radius 2 is 2.00 bits per heavy atom. The standard InChI is InChI=1S/C17H22N2O/c1-2-19(16-10-6-7-11-16)17(20)15(13-18)12-14-8-4-3-5-9-14/h3-5,8-9,15-16H,2,6-7,10-12H2,1H3. The zero-order valence-electron chi connectivity index (χ0n) is 12.1. The molecule has 1 atom stereocenters. The Morgan fingerprint density at radius 3 is 2.55 bits per heavy atom. The van der Waals surface area contributed by atoms with Gasteiger partial charge in [-0.05, 0) is 31.7 Å². The van der Waals surface area contributed by atoms with E-state index in [-0.39, 0.29) is 5.91 Å². The summed E-state index contributed by atoms with van der Waals surface area (Å²) in [6.45, 7) is 2.71. The molecule has 0 bridgehead atoms. The molecule has 1 unspecified atom stereocenters. The molecule has 0 saturated heterocycles. The van der Waals surface area contributed by atoms with Crippen LogP contribution < -0.4 is 0 Å². The number of carbonyl (C=O) groups is 1. The molecule has 2 rings (SSSR count). The molecule has 0 aliphatic heterocycles. The lowest BCUT2D eigenvalue weighted by molar-refractivity contribution is -0.135. The van der Waals surface area contributed by atoms with Crippen LogP contribution in [0.25, 0.3) is 0 Å². The molecule has 1 aromatic carbocycles. The minimum atomic E-state index is -0.557. The highest BCUT2D eigenvalue weighted by Crippen LogP contribution is 2.25. The molecule has 1 aliphatic rings. The van der Waals surface area contributed by atoms with E-state index >= 15 is 0 Å². The monoisotopic (exact) mass is 270 g/mol. The maximum atomic E-state index is 12.6. The smallest absolute Gasteiger partial charge is 0.240 e. The Bertz CT molecular complexity index is 472. The van der Waals surface area contributed by atoms with Gasteiger partial charge in [-0.1, -0.05) is 43.2 Å². The Hall–Kier alpha value is -1.82. The van der Waals surface area contributed by atoms with E-state index in [1.807, 2.05) is 42.2 Å². The second-order valence-electron chi connectivity index (χ2n) is 5.43. The second-order valence-corrected chi connectivity index (χ2v) is 5.43. The van der Waals surface area contributed by atoms with Crippen LogP contribution >= 0.6 is 0 Å². The van der Waals surface area contributed by atoms with E-state index in [4.69, 9.17) is 0 Å². The molecule has 20 heavy (non-hydrogen) atoms. The number of nitrogens with zero attached hydrogens (tertiary/aromatic N) is 2. The van der Waals surface area contributed by atoms with E-state index in [1.165, 1.54) is 12.8 Å². The van der Waals surface area contributed by atoms with Crippen LogP contribution in [0.5, 0.6) is 0 Å². The molecule has 0 N–H and O–H groups in total. The maximum Gasteiger partial charge on any atom is 0.240 e. The zero-order chi connectivity index (χ0) is 14.4. The van der Waals surface area contributed by atoms with Gasteiger partial charge in [0.2, 0.25) is 5.91 Å². The summed E-state index contributed by atoms with van der Waals surface area (Å²) in [4.78, 5) is 14.5. The number of carbonyl (C=O) groups excluding carboxylic acids is 1. The number of hydrogen-bond donors (Lipinski definition) is 0. The molecular weight excluding hydrogens is 248 g/mol. The largest absolute Gasteiger partial charge is 0.339 e. The number of amides is 1. The molecule has 3 heteroatoms. The SMILES string of the molecule is CCN(C(=O)C(C#N)Cc1ccccc1)C1CCCC1. The van der Waals surface area contributed by atoms with Gasteiger partial charge in [0.05, 0.1) is 6.07 Å². The highest BCUT2D eigenvalue weighted by molar-refractivity contribution is 5.81. The molecule has 0 spiro atoms. The van der Waals surface area contributed by atoms with Crippen molar-refractivity contribution in [2.45, 2.75) is 45.1 Å². The van der Waals surface area contributed by atoms with Crippen molar-refractivity contribution in [3.8, 4) is 6.07 Å². The quantitative estimate of drug-likeness (QED) is 0.825. The Kier molecular flexibility index (Phi) is 5.17. The Morgan fingerprint density at radius 1 is 1.35 bits per heavy atom. The first-order valence-electron chi connectivity index (χ1n) is 7.50. The third-order valence-electron chi connectivity index (χ3n) is 4.13. The van der Waals surface area contributed by atoms with Crippen LogP contribution in [0.15, 0.2) is 30.3 Å². The van der Waals surface area contributed by atoms with Crippen molar-refractivity contribution < 1.29 is 4.79 Å². The van der Waals surface area contributed by atoms with Crippen molar-refractivity contribution in [3.63, 3.8) is 0 Å². The predicted molar refractivity (Wildman–Crippen MR) is 78.9 cm³/mol. The molecule has 1 aromatic rings. The van der Waals surface area contributed by atoms with Crippen LogP contribution in [0, 0.1) is 17.2 Å². The molecule has 3 nitrogen and oxygen atoms in total. The molecule has 1 aliphatic carbocycles. The molecule has 0 radical (unpaired) electrons. The zero-order valence-corrected chi connectivity index (χ0v) is 12.1. The molecule has 0 aromatic heterocycles. The van der Waals surface area contributed by atoms with Gasteiger partial charge in [0, 0.05) is 12.6 Å². The summed E-state index contributed by atoms with van der Waals surface area (Å²) in [7, 11) is 0. The van der Waals surface area contributed by atoms with Crippen molar-refractivity contribution in [2.24, 2.45) is 5.92 Å². The summed E-state index contributed by atoms with van der Waals surface area (Å²) in [5.41, 5.74) is 1.05. The van der Waals surface area contributed by atoms with Gasteiger partial charge in [-0.3, -0.25) is 4.79 Å². The van der Waals surface area contributed by atoms with E-state index in [0.717, 1.165) is 18.4 Å². The van der Waals surface area contributed by atoms with Gasteiger partial charge < -0.3 is 4.90 Å². The molecule has 1 amide bonds. The Labute approximate surface area is 121 Å². The normalized spacial score (nSPS) is 16.6. The van der Waals surface area contributed by atoms with E-state index in [1.54, 1.807) is 0 Å².